The van der Waals surface area contributed by atoms with Crippen LogP contribution in [-0.2, 0) is 0 Å². The van der Waals surface area contributed by atoms with E-state index in [0.29, 0.717) is 8.58 Å². The van der Waals surface area contributed by atoms with Crippen LogP contribution < -0.4 is 15.8 Å². The van der Waals surface area contributed by atoms with Gasteiger partial charge < -0.3 is 15.8 Å². The highest BCUT2D eigenvalue weighted by molar-refractivity contribution is 7.39. The smallest absolute Gasteiger partial charge is 0.261 e. The van der Waals surface area contributed by atoms with Crippen LogP contribution in [-0.4, -0.2) is 30.5 Å². The number of hydrogen-bond donors (Lipinski definition) is 2. The Morgan fingerprint density at radius 1 is 1.46 bits per heavy atom. The number of carbonyl (C=O) groups excluding carboxylic acids is 1. The molecule has 0 bridgehead atoms. The van der Waals surface area contributed by atoms with E-state index in [1.807, 2.05) is 24.3 Å². The molecule has 1 aromatic carbocycles. The van der Waals surface area contributed by atoms with Crippen molar-refractivity contribution < 1.29 is 9.53 Å². The zero-order chi connectivity index (χ0) is 17.2. The SMILES string of the molecule is CCCCPC(NC(=O)c1cc2ccc(OC)cc2s1)C1(N)CC1. The average molecular weight is 364 g/mol. The van der Waals surface area contributed by atoms with Crippen LogP contribution in [0.4, 0.5) is 0 Å². The lowest BCUT2D eigenvalue weighted by molar-refractivity contribution is 0.0948. The number of rotatable bonds is 8. The summed E-state index contributed by atoms with van der Waals surface area (Å²) >= 11 is 1.51. The number of nitrogens with two attached hydrogens (primary N) is 1. The van der Waals surface area contributed by atoms with Gasteiger partial charge in [-0.25, -0.2) is 0 Å². The molecular formula is C18H25N2O2PS. The Labute approximate surface area is 148 Å². The van der Waals surface area contributed by atoms with Crippen LogP contribution >= 0.6 is 19.9 Å². The van der Waals surface area contributed by atoms with Gasteiger partial charge in [-0.1, -0.05) is 21.9 Å². The van der Waals surface area contributed by atoms with Crippen molar-refractivity contribution in [3.63, 3.8) is 0 Å². The van der Waals surface area contributed by atoms with Gasteiger partial charge in [-0.2, -0.15) is 0 Å². The van der Waals surface area contributed by atoms with Gasteiger partial charge in [-0.05, 0) is 55.1 Å². The van der Waals surface area contributed by atoms with Crippen LogP contribution in [0.15, 0.2) is 24.3 Å². The second kappa shape index (κ2) is 7.38. The molecule has 1 amide bonds. The molecule has 2 unspecified atom stereocenters. The minimum absolute atomic E-state index is 0.000824. The van der Waals surface area contributed by atoms with Crippen LogP contribution in [0.1, 0.15) is 42.3 Å². The zero-order valence-electron chi connectivity index (χ0n) is 14.2. The third-order valence-corrected chi connectivity index (χ3v) is 7.37. The summed E-state index contributed by atoms with van der Waals surface area (Å²) in [5.41, 5.74) is 6.21. The number of unbranched alkanes of at least 4 members (excludes halogenated alkanes) is 1. The zero-order valence-corrected chi connectivity index (χ0v) is 16.0. The third-order valence-electron chi connectivity index (χ3n) is 4.51. The van der Waals surface area contributed by atoms with Crippen LogP contribution in [0.2, 0.25) is 0 Å². The maximum atomic E-state index is 12.7. The first-order chi connectivity index (χ1) is 11.6. The van der Waals surface area contributed by atoms with E-state index in [2.05, 4.69) is 12.2 Å². The number of fused-ring (bicyclic) bond motifs is 1. The van der Waals surface area contributed by atoms with Crippen LogP contribution in [0.5, 0.6) is 5.75 Å². The van der Waals surface area contributed by atoms with Gasteiger partial charge >= 0.3 is 0 Å². The summed E-state index contributed by atoms with van der Waals surface area (Å²) in [5, 5.41) is 4.29. The Bertz CT molecular complexity index is 727. The summed E-state index contributed by atoms with van der Waals surface area (Å²) < 4.78 is 6.32. The van der Waals surface area contributed by atoms with Crippen molar-refractivity contribution in [3.8, 4) is 5.75 Å². The van der Waals surface area contributed by atoms with Crippen LogP contribution in [0, 0.1) is 0 Å². The van der Waals surface area contributed by atoms with E-state index >= 15 is 0 Å². The van der Waals surface area contributed by atoms with Gasteiger partial charge in [0.25, 0.3) is 5.91 Å². The average Bonchev–Trinajstić information content (AvgIpc) is 3.19. The molecule has 0 radical (unpaired) electrons. The van der Waals surface area contributed by atoms with Gasteiger partial charge in [0.1, 0.15) is 5.75 Å². The molecule has 1 aliphatic rings. The molecule has 0 saturated heterocycles. The van der Waals surface area contributed by atoms with E-state index in [1.165, 1.54) is 24.2 Å². The van der Waals surface area contributed by atoms with Crippen molar-refractivity contribution in [1.82, 2.24) is 5.32 Å². The summed E-state index contributed by atoms with van der Waals surface area (Å²) in [5.74, 6) is 0.923. The maximum absolute atomic E-state index is 12.7. The summed E-state index contributed by atoms with van der Waals surface area (Å²) in [4.78, 5) is 13.4. The number of nitrogens with one attached hydrogen (secondary N) is 1. The molecular weight excluding hydrogens is 339 g/mol. The van der Waals surface area contributed by atoms with Gasteiger partial charge in [0.05, 0.1) is 17.8 Å². The lowest BCUT2D eigenvalue weighted by Gasteiger charge is -2.24. The number of ether oxygens (including phenoxy) is 1. The number of benzene rings is 1. The highest BCUT2D eigenvalue weighted by Crippen LogP contribution is 2.43. The van der Waals surface area contributed by atoms with Gasteiger partial charge in [0, 0.05) is 10.2 Å². The third kappa shape index (κ3) is 3.90. The minimum atomic E-state index is -0.179. The first-order valence-electron chi connectivity index (χ1n) is 8.46. The molecule has 3 N–H and O–H groups in total. The maximum Gasteiger partial charge on any atom is 0.261 e. The summed E-state index contributed by atoms with van der Waals surface area (Å²) in [6.07, 6.45) is 5.55. The molecule has 130 valence electrons. The molecule has 1 aromatic heterocycles. The molecule has 1 aliphatic carbocycles. The van der Waals surface area contributed by atoms with Crippen LogP contribution in [0.3, 0.4) is 0 Å². The molecule has 2 aromatic rings. The second-order valence-corrected chi connectivity index (χ2v) is 9.03. The lowest BCUT2D eigenvalue weighted by Crippen LogP contribution is -2.46. The van der Waals surface area contributed by atoms with Crippen molar-refractivity contribution in [2.24, 2.45) is 5.73 Å². The Morgan fingerprint density at radius 3 is 2.92 bits per heavy atom. The number of thiophene rings is 1. The largest absolute Gasteiger partial charge is 0.497 e. The molecule has 1 heterocycles. The molecule has 1 saturated carbocycles. The van der Waals surface area contributed by atoms with Crippen molar-refractivity contribution in [3.05, 3.63) is 29.1 Å². The van der Waals surface area contributed by atoms with Crippen LogP contribution in [0.25, 0.3) is 10.1 Å². The molecule has 4 nitrogen and oxygen atoms in total. The van der Waals surface area contributed by atoms with E-state index in [-0.39, 0.29) is 17.2 Å². The molecule has 2 atom stereocenters. The number of hydrogen-bond acceptors (Lipinski definition) is 4. The first-order valence-corrected chi connectivity index (χ1v) is 10.6. The van der Waals surface area contributed by atoms with E-state index < -0.39 is 0 Å². The lowest BCUT2D eigenvalue weighted by atomic mass is 10.2. The molecule has 0 spiro atoms. The first kappa shape index (κ1) is 17.7. The Morgan fingerprint density at radius 2 is 2.25 bits per heavy atom. The van der Waals surface area contributed by atoms with E-state index in [1.54, 1.807) is 7.11 Å². The molecule has 1 fully saturated rings. The minimum Gasteiger partial charge on any atom is -0.497 e. The summed E-state index contributed by atoms with van der Waals surface area (Å²) in [6.45, 7) is 2.19. The number of amides is 1. The fourth-order valence-electron chi connectivity index (χ4n) is 2.71. The van der Waals surface area contributed by atoms with Crippen molar-refractivity contribution in [2.75, 3.05) is 13.3 Å². The normalized spacial score (nSPS) is 17.3. The van der Waals surface area contributed by atoms with Gasteiger partial charge in [0.2, 0.25) is 0 Å². The standard InChI is InChI=1S/C18H25N2O2PS/c1-3-4-9-23-17(18(19)7-8-18)20-16(21)15-10-12-5-6-13(22-2)11-14(12)24-15/h5-6,10-11,17,23H,3-4,7-9,19H2,1-2H3,(H,20,21). The Kier molecular flexibility index (Phi) is 5.43. The fourth-order valence-corrected chi connectivity index (χ4v) is 5.48. The fraction of sp³-hybridized carbons (Fsp3) is 0.500. The molecule has 3 rings (SSSR count). The topological polar surface area (TPSA) is 64.3 Å². The Balaban J connectivity index is 1.72. The second-order valence-electron chi connectivity index (χ2n) is 6.46. The van der Waals surface area contributed by atoms with Crippen molar-refractivity contribution in [1.29, 1.82) is 0 Å². The highest BCUT2D eigenvalue weighted by Gasteiger charge is 2.46. The number of carbonyl (C=O) groups is 1. The summed E-state index contributed by atoms with van der Waals surface area (Å²) in [7, 11) is 2.35. The molecule has 6 heteroatoms. The quantitative estimate of drug-likeness (QED) is 0.551. The predicted octanol–water partition coefficient (Wildman–Crippen LogP) is 3.94. The number of methoxy groups -OCH3 is 1. The van der Waals surface area contributed by atoms with E-state index in [0.717, 1.165) is 39.7 Å². The van der Waals surface area contributed by atoms with Crippen molar-refractivity contribution in [2.45, 2.75) is 43.9 Å². The monoisotopic (exact) mass is 364 g/mol. The molecule has 24 heavy (non-hydrogen) atoms. The van der Waals surface area contributed by atoms with E-state index in [4.69, 9.17) is 10.5 Å². The predicted molar refractivity (Wildman–Crippen MR) is 104 cm³/mol. The van der Waals surface area contributed by atoms with Gasteiger partial charge in [-0.3, -0.25) is 4.79 Å². The highest BCUT2D eigenvalue weighted by atomic mass is 32.1. The molecule has 0 aliphatic heterocycles. The summed E-state index contributed by atoms with van der Waals surface area (Å²) in [6, 6.07) is 7.84. The Hall–Kier alpha value is -1.16. The van der Waals surface area contributed by atoms with Gasteiger partial charge in [0.15, 0.2) is 0 Å². The van der Waals surface area contributed by atoms with Crippen molar-refractivity contribution >= 4 is 35.9 Å². The van der Waals surface area contributed by atoms with E-state index in [9.17, 15) is 4.79 Å². The van der Waals surface area contributed by atoms with Gasteiger partial charge in [-0.15, -0.1) is 11.3 Å².